The summed E-state index contributed by atoms with van der Waals surface area (Å²) in [7, 11) is 1.20. The van der Waals surface area contributed by atoms with Crippen molar-refractivity contribution >= 4 is 23.4 Å². The molecule has 1 rings (SSSR count). The molecule has 0 saturated carbocycles. The van der Waals surface area contributed by atoms with Crippen LogP contribution < -0.4 is 0 Å². The monoisotopic (exact) mass is 200 g/mol. The first-order valence-corrected chi connectivity index (χ1v) is 3.65. The zero-order valence-electron chi connectivity index (χ0n) is 6.65. The highest BCUT2D eigenvalue weighted by molar-refractivity contribution is 6.29. The van der Waals surface area contributed by atoms with E-state index in [4.69, 9.17) is 11.6 Å². The molecule has 0 amide bonds. The van der Waals surface area contributed by atoms with Gasteiger partial charge in [-0.05, 0) is 17.3 Å². The average molecular weight is 201 g/mol. The van der Waals surface area contributed by atoms with Crippen LogP contribution in [-0.4, -0.2) is 18.1 Å². The molecule has 0 saturated heterocycles. The van der Waals surface area contributed by atoms with Crippen LogP contribution in [-0.2, 0) is 4.74 Å². The van der Waals surface area contributed by atoms with Crippen molar-refractivity contribution in [1.29, 1.82) is 0 Å². The van der Waals surface area contributed by atoms with E-state index in [1.54, 1.807) is 0 Å². The summed E-state index contributed by atoms with van der Waals surface area (Å²) in [5, 5.41) is 2.65. The number of nitrogens with zero attached hydrogens (tertiary/aromatic N) is 2. The van der Waals surface area contributed by atoms with Crippen LogP contribution in [0, 0.1) is 4.91 Å². The third-order valence-corrected chi connectivity index (χ3v) is 1.54. The van der Waals surface area contributed by atoms with Gasteiger partial charge in [-0.1, -0.05) is 11.6 Å². The molecule has 0 aliphatic heterocycles. The Hall–Kier alpha value is -1.49. The van der Waals surface area contributed by atoms with E-state index >= 15 is 0 Å². The lowest BCUT2D eigenvalue weighted by Crippen LogP contribution is -2.02. The molecule has 0 N–H and O–H groups in total. The minimum absolute atomic E-state index is 0.00176. The number of esters is 1. The number of nitroso groups, excluding NO2 is 1. The van der Waals surface area contributed by atoms with Gasteiger partial charge in [-0.3, -0.25) is 0 Å². The van der Waals surface area contributed by atoms with E-state index in [0.29, 0.717) is 0 Å². The van der Waals surface area contributed by atoms with Crippen LogP contribution in [0.5, 0.6) is 0 Å². The SMILES string of the molecule is COC(=O)c1ccc(Cl)nc1N=O. The summed E-state index contributed by atoms with van der Waals surface area (Å²) in [6.45, 7) is 0. The van der Waals surface area contributed by atoms with Crippen molar-refractivity contribution in [3.63, 3.8) is 0 Å². The zero-order chi connectivity index (χ0) is 9.84. The predicted octanol–water partition coefficient (Wildman–Crippen LogP) is 1.92. The van der Waals surface area contributed by atoms with Crippen LogP contribution in [0.15, 0.2) is 17.3 Å². The fourth-order valence-electron chi connectivity index (χ4n) is 0.764. The van der Waals surface area contributed by atoms with E-state index in [1.807, 2.05) is 0 Å². The van der Waals surface area contributed by atoms with Crippen molar-refractivity contribution in [2.45, 2.75) is 0 Å². The van der Waals surface area contributed by atoms with Gasteiger partial charge in [0.2, 0.25) is 5.82 Å². The molecule has 1 heterocycles. The molecule has 68 valence electrons. The molecule has 0 spiro atoms. The molecule has 0 aliphatic carbocycles. The molecule has 0 fully saturated rings. The Morgan fingerprint density at radius 3 is 2.85 bits per heavy atom. The Morgan fingerprint density at radius 2 is 2.31 bits per heavy atom. The molecule has 0 atom stereocenters. The van der Waals surface area contributed by atoms with Crippen LogP contribution in [0.4, 0.5) is 5.82 Å². The summed E-state index contributed by atoms with van der Waals surface area (Å²) in [6.07, 6.45) is 0. The van der Waals surface area contributed by atoms with E-state index in [-0.39, 0.29) is 16.5 Å². The van der Waals surface area contributed by atoms with Gasteiger partial charge in [0.25, 0.3) is 0 Å². The van der Waals surface area contributed by atoms with Gasteiger partial charge in [-0.2, -0.15) is 0 Å². The van der Waals surface area contributed by atoms with Crippen LogP contribution in [0.2, 0.25) is 5.15 Å². The third kappa shape index (κ3) is 2.00. The highest BCUT2D eigenvalue weighted by atomic mass is 35.5. The van der Waals surface area contributed by atoms with Gasteiger partial charge < -0.3 is 4.74 Å². The summed E-state index contributed by atoms with van der Waals surface area (Å²) >= 11 is 5.48. The molecule has 0 radical (unpaired) electrons. The number of carbonyl (C=O) groups excluding carboxylic acids is 1. The van der Waals surface area contributed by atoms with Crippen LogP contribution >= 0.6 is 11.6 Å². The van der Waals surface area contributed by atoms with Gasteiger partial charge in [-0.25, -0.2) is 9.78 Å². The quantitative estimate of drug-likeness (QED) is 0.416. The Labute approximate surface area is 78.7 Å². The summed E-state index contributed by atoms with van der Waals surface area (Å²) in [5.74, 6) is -0.932. The number of methoxy groups -OCH3 is 1. The fourth-order valence-corrected chi connectivity index (χ4v) is 0.907. The second kappa shape index (κ2) is 3.95. The standard InChI is InChI=1S/C7H5ClN2O3/c1-13-7(11)4-2-3-5(8)9-6(4)10-12/h2-3H,1H3. The third-order valence-electron chi connectivity index (χ3n) is 1.33. The lowest BCUT2D eigenvalue weighted by molar-refractivity contribution is 0.0601. The molecule has 1 aromatic rings. The van der Waals surface area contributed by atoms with Crippen molar-refractivity contribution in [2.24, 2.45) is 5.18 Å². The van der Waals surface area contributed by atoms with Gasteiger partial charge in [0.05, 0.1) is 7.11 Å². The summed E-state index contributed by atoms with van der Waals surface area (Å²) < 4.78 is 4.40. The first-order chi connectivity index (χ1) is 6.19. The smallest absolute Gasteiger partial charge is 0.341 e. The molecule has 0 unspecified atom stereocenters. The maximum Gasteiger partial charge on any atom is 0.341 e. The number of halogens is 1. The van der Waals surface area contributed by atoms with E-state index < -0.39 is 5.97 Å². The van der Waals surface area contributed by atoms with Crippen molar-refractivity contribution in [3.05, 3.63) is 27.8 Å². The number of hydrogen-bond acceptors (Lipinski definition) is 5. The number of hydrogen-bond donors (Lipinski definition) is 0. The highest BCUT2D eigenvalue weighted by Crippen LogP contribution is 2.19. The highest BCUT2D eigenvalue weighted by Gasteiger charge is 2.13. The second-order valence-corrected chi connectivity index (χ2v) is 2.48. The molecule has 1 aromatic heterocycles. The van der Waals surface area contributed by atoms with Gasteiger partial charge in [-0.15, -0.1) is 4.91 Å². The molecule has 13 heavy (non-hydrogen) atoms. The largest absolute Gasteiger partial charge is 0.465 e. The van der Waals surface area contributed by atoms with Crippen molar-refractivity contribution in [3.8, 4) is 0 Å². The summed E-state index contributed by atoms with van der Waals surface area (Å²) in [4.78, 5) is 24.8. The van der Waals surface area contributed by atoms with Gasteiger partial charge in [0, 0.05) is 0 Å². The Balaban J connectivity index is 3.20. The number of pyridine rings is 1. The minimum Gasteiger partial charge on any atom is -0.465 e. The first-order valence-electron chi connectivity index (χ1n) is 3.27. The molecule has 6 heteroatoms. The molecular weight excluding hydrogens is 196 g/mol. The minimum atomic E-state index is -0.668. The Bertz CT molecular complexity index is 354. The molecular formula is C7H5ClN2O3. The Kier molecular flexibility index (Phi) is 2.92. The average Bonchev–Trinajstić information content (AvgIpc) is 2.16. The maximum atomic E-state index is 11.0. The molecule has 0 aromatic carbocycles. The van der Waals surface area contributed by atoms with Crippen LogP contribution in [0.25, 0.3) is 0 Å². The number of ether oxygens (including phenoxy) is 1. The number of carbonyl (C=O) groups is 1. The van der Waals surface area contributed by atoms with Crippen molar-refractivity contribution in [2.75, 3.05) is 7.11 Å². The molecule has 5 nitrogen and oxygen atoms in total. The topological polar surface area (TPSA) is 68.6 Å². The normalized spacial score (nSPS) is 9.38. The van der Waals surface area contributed by atoms with E-state index in [2.05, 4.69) is 14.9 Å². The molecule has 0 bridgehead atoms. The predicted molar refractivity (Wildman–Crippen MR) is 46.0 cm³/mol. The Morgan fingerprint density at radius 1 is 1.62 bits per heavy atom. The number of rotatable bonds is 2. The van der Waals surface area contributed by atoms with Crippen LogP contribution in [0.1, 0.15) is 10.4 Å². The zero-order valence-corrected chi connectivity index (χ0v) is 7.41. The van der Waals surface area contributed by atoms with E-state index in [1.165, 1.54) is 19.2 Å². The number of aromatic nitrogens is 1. The summed E-state index contributed by atoms with van der Waals surface area (Å²) in [6, 6.07) is 2.71. The lowest BCUT2D eigenvalue weighted by Gasteiger charge is -1.99. The fraction of sp³-hybridized carbons (Fsp3) is 0.143. The van der Waals surface area contributed by atoms with Gasteiger partial charge in [0.1, 0.15) is 10.7 Å². The summed E-state index contributed by atoms with van der Waals surface area (Å²) in [5.41, 5.74) is 0.00176. The van der Waals surface area contributed by atoms with Crippen molar-refractivity contribution in [1.82, 2.24) is 4.98 Å². The van der Waals surface area contributed by atoms with E-state index in [0.717, 1.165) is 0 Å². The van der Waals surface area contributed by atoms with E-state index in [9.17, 15) is 9.70 Å². The molecule has 0 aliphatic rings. The van der Waals surface area contributed by atoms with Crippen molar-refractivity contribution < 1.29 is 9.53 Å². The second-order valence-electron chi connectivity index (χ2n) is 2.09. The van der Waals surface area contributed by atoms with Gasteiger partial charge in [0.15, 0.2) is 0 Å². The van der Waals surface area contributed by atoms with Gasteiger partial charge >= 0.3 is 5.97 Å². The van der Waals surface area contributed by atoms with Crippen LogP contribution in [0.3, 0.4) is 0 Å². The first kappa shape index (κ1) is 9.60. The maximum absolute atomic E-state index is 11.0. The lowest BCUT2D eigenvalue weighted by atomic mass is 10.2.